The molecular weight excluding hydrogens is 289 g/mol. The summed E-state index contributed by atoms with van der Waals surface area (Å²) in [6.07, 6.45) is 1.59. The first-order valence-electron chi connectivity index (χ1n) is 7.14. The molecule has 2 N–H and O–H groups in total. The Kier molecular flexibility index (Phi) is 3.91. The molecule has 2 aliphatic rings. The van der Waals surface area contributed by atoms with Crippen LogP contribution in [0.15, 0.2) is 18.2 Å². The number of fused-ring (bicyclic) bond motifs is 1. The van der Waals surface area contributed by atoms with E-state index in [0.717, 1.165) is 31.6 Å². The number of halogens is 1. The lowest BCUT2D eigenvalue weighted by Crippen LogP contribution is -2.51. The predicted molar refractivity (Wildman–Crippen MR) is 82.3 cm³/mol. The van der Waals surface area contributed by atoms with Crippen LogP contribution in [0.4, 0.5) is 4.39 Å². The number of piperazine rings is 1. The van der Waals surface area contributed by atoms with Crippen LogP contribution in [0.25, 0.3) is 0 Å². The number of amides is 1. The molecule has 1 atom stereocenters. The second-order valence-corrected chi connectivity index (χ2v) is 6.12. The molecule has 2 aliphatic heterocycles. The summed E-state index contributed by atoms with van der Waals surface area (Å²) in [6.45, 7) is 3.15. The summed E-state index contributed by atoms with van der Waals surface area (Å²) in [5.74, 6) is -0.0574. The van der Waals surface area contributed by atoms with E-state index in [0.29, 0.717) is 24.6 Å². The maximum absolute atomic E-state index is 13.3. The zero-order valence-electron chi connectivity index (χ0n) is 11.7. The van der Waals surface area contributed by atoms with Gasteiger partial charge >= 0.3 is 0 Å². The molecule has 2 saturated heterocycles. The van der Waals surface area contributed by atoms with Crippen LogP contribution >= 0.6 is 12.2 Å². The first kappa shape index (κ1) is 14.4. The van der Waals surface area contributed by atoms with Crippen molar-refractivity contribution in [3.05, 3.63) is 35.1 Å². The van der Waals surface area contributed by atoms with Crippen LogP contribution in [0.3, 0.4) is 0 Å². The molecule has 2 heterocycles. The summed E-state index contributed by atoms with van der Waals surface area (Å²) in [4.78, 5) is 16.2. The molecule has 0 spiro atoms. The van der Waals surface area contributed by atoms with Gasteiger partial charge in [0.2, 0.25) is 5.91 Å². The average Bonchev–Trinajstić information content (AvgIpc) is 2.82. The van der Waals surface area contributed by atoms with Crippen molar-refractivity contribution >= 4 is 23.1 Å². The van der Waals surface area contributed by atoms with Crippen LogP contribution in [0.2, 0.25) is 0 Å². The molecule has 1 unspecified atom stereocenters. The molecule has 2 fully saturated rings. The van der Waals surface area contributed by atoms with Crippen LogP contribution in [0.1, 0.15) is 24.0 Å². The molecule has 1 amide bonds. The lowest BCUT2D eigenvalue weighted by molar-refractivity contribution is -0.130. The van der Waals surface area contributed by atoms with E-state index in [4.69, 9.17) is 18.0 Å². The SMILES string of the molecule is NC(=S)c1cc(F)ccc1CN1CCN2C(=O)CCC2C1. The van der Waals surface area contributed by atoms with Gasteiger partial charge in [-0.3, -0.25) is 9.69 Å². The van der Waals surface area contributed by atoms with Gasteiger partial charge in [-0.15, -0.1) is 0 Å². The van der Waals surface area contributed by atoms with Crippen molar-refractivity contribution in [3.63, 3.8) is 0 Å². The number of carbonyl (C=O) groups is 1. The molecule has 0 saturated carbocycles. The molecule has 112 valence electrons. The third kappa shape index (κ3) is 2.91. The Hall–Kier alpha value is -1.53. The van der Waals surface area contributed by atoms with Crippen molar-refractivity contribution in [3.8, 4) is 0 Å². The Morgan fingerprint density at radius 1 is 1.43 bits per heavy atom. The van der Waals surface area contributed by atoms with E-state index in [1.54, 1.807) is 6.07 Å². The van der Waals surface area contributed by atoms with E-state index in [-0.39, 0.29) is 16.7 Å². The fraction of sp³-hybridized carbons (Fsp3) is 0.467. The Bertz CT molecular complexity index is 592. The zero-order valence-corrected chi connectivity index (χ0v) is 12.5. The molecule has 1 aromatic carbocycles. The summed E-state index contributed by atoms with van der Waals surface area (Å²) in [5.41, 5.74) is 7.24. The summed E-state index contributed by atoms with van der Waals surface area (Å²) < 4.78 is 13.3. The van der Waals surface area contributed by atoms with Gasteiger partial charge in [0, 0.05) is 44.2 Å². The van der Waals surface area contributed by atoms with Gasteiger partial charge in [0.25, 0.3) is 0 Å². The van der Waals surface area contributed by atoms with E-state index < -0.39 is 0 Å². The highest BCUT2D eigenvalue weighted by Crippen LogP contribution is 2.24. The highest BCUT2D eigenvalue weighted by Gasteiger charge is 2.35. The number of thiocarbonyl (C=S) groups is 1. The summed E-state index contributed by atoms with van der Waals surface area (Å²) in [6, 6.07) is 4.90. The molecule has 0 aliphatic carbocycles. The van der Waals surface area contributed by atoms with Gasteiger partial charge in [0.1, 0.15) is 10.8 Å². The largest absolute Gasteiger partial charge is 0.389 e. The van der Waals surface area contributed by atoms with E-state index in [1.807, 2.05) is 4.90 Å². The van der Waals surface area contributed by atoms with Crippen molar-refractivity contribution in [2.24, 2.45) is 5.73 Å². The van der Waals surface area contributed by atoms with Gasteiger partial charge in [-0.1, -0.05) is 18.3 Å². The third-order valence-corrected chi connectivity index (χ3v) is 4.53. The molecule has 6 heteroatoms. The average molecular weight is 307 g/mol. The van der Waals surface area contributed by atoms with Crippen molar-refractivity contribution in [1.29, 1.82) is 0 Å². The number of rotatable bonds is 3. The van der Waals surface area contributed by atoms with Crippen molar-refractivity contribution in [2.45, 2.75) is 25.4 Å². The van der Waals surface area contributed by atoms with Crippen LogP contribution < -0.4 is 5.73 Å². The summed E-state index contributed by atoms with van der Waals surface area (Å²) in [5, 5.41) is 0. The fourth-order valence-corrected chi connectivity index (χ4v) is 3.42. The molecule has 4 nitrogen and oxygen atoms in total. The lowest BCUT2D eigenvalue weighted by atomic mass is 10.1. The highest BCUT2D eigenvalue weighted by atomic mass is 32.1. The minimum Gasteiger partial charge on any atom is -0.389 e. The van der Waals surface area contributed by atoms with Crippen molar-refractivity contribution in [1.82, 2.24) is 9.80 Å². The Balaban J connectivity index is 1.73. The van der Waals surface area contributed by atoms with Crippen LogP contribution in [-0.4, -0.2) is 46.4 Å². The maximum atomic E-state index is 13.3. The van der Waals surface area contributed by atoms with Gasteiger partial charge in [-0.2, -0.15) is 0 Å². The highest BCUT2D eigenvalue weighted by molar-refractivity contribution is 7.80. The normalized spacial score (nSPS) is 22.4. The first-order valence-corrected chi connectivity index (χ1v) is 7.55. The quantitative estimate of drug-likeness (QED) is 0.854. The minimum atomic E-state index is -0.326. The van der Waals surface area contributed by atoms with E-state index in [9.17, 15) is 9.18 Å². The molecular formula is C15H18FN3OS. The van der Waals surface area contributed by atoms with Gasteiger partial charge in [0.15, 0.2) is 0 Å². The Morgan fingerprint density at radius 2 is 2.24 bits per heavy atom. The number of benzene rings is 1. The van der Waals surface area contributed by atoms with Gasteiger partial charge in [-0.25, -0.2) is 4.39 Å². The molecule has 3 rings (SSSR count). The monoisotopic (exact) mass is 307 g/mol. The van der Waals surface area contributed by atoms with Crippen LogP contribution in [0.5, 0.6) is 0 Å². The Labute approximate surface area is 128 Å². The second-order valence-electron chi connectivity index (χ2n) is 5.68. The topological polar surface area (TPSA) is 49.6 Å². The van der Waals surface area contributed by atoms with Crippen LogP contribution in [-0.2, 0) is 11.3 Å². The number of nitrogens with two attached hydrogens (primary N) is 1. The standard InChI is InChI=1S/C15H18FN3OS/c16-11-2-1-10(13(7-11)15(17)21)8-18-5-6-19-12(9-18)3-4-14(19)20/h1-2,7,12H,3-6,8-9H2,(H2,17,21). The predicted octanol–water partition coefficient (Wildman–Crippen LogP) is 1.27. The van der Waals surface area contributed by atoms with Crippen LogP contribution in [0, 0.1) is 5.82 Å². The number of nitrogens with zero attached hydrogens (tertiary/aromatic N) is 2. The zero-order chi connectivity index (χ0) is 15.0. The smallest absolute Gasteiger partial charge is 0.222 e. The molecule has 21 heavy (non-hydrogen) atoms. The third-order valence-electron chi connectivity index (χ3n) is 4.31. The van der Waals surface area contributed by atoms with E-state index >= 15 is 0 Å². The van der Waals surface area contributed by atoms with Gasteiger partial charge < -0.3 is 10.6 Å². The molecule has 1 aromatic rings. The maximum Gasteiger partial charge on any atom is 0.222 e. The Morgan fingerprint density at radius 3 is 3.00 bits per heavy atom. The second kappa shape index (κ2) is 5.69. The molecule has 0 bridgehead atoms. The van der Waals surface area contributed by atoms with Crippen molar-refractivity contribution < 1.29 is 9.18 Å². The summed E-state index contributed by atoms with van der Waals surface area (Å²) in [7, 11) is 0. The number of hydrogen-bond acceptors (Lipinski definition) is 3. The van der Waals surface area contributed by atoms with Crippen molar-refractivity contribution in [2.75, 3.05) is 19.6 Å². The minimum absolute atomic E-state index is 0.221. The summed E-state index contributed by atoms with van der Waals surface area (Å²) >= 11 is 5.01. The van der Waals surface area contributed by atoms with E-state index in [2.05, 4.69) is 4.90 Å². The van der Waals surface area contributed by atoms with Gasteiger partial charge in [0.05, 0.1) is 0 Å². The number of hydrogen-bond donors (Lipinski definition) is 1. The molecule has 0 aromatic heterocycles. The number of carbonyl (C=O) groups excluding carboxylic acids is 1. The lowest BCUT2D eigenvalue weighted by Gasteiger charge is -2.37. The fourth-order valence-electron chi connectivity index (χ4n) is 3.23. The first-order chi connectivity index (χ1) is 10.0. The van der Waals surface area contributed by atoms with E-state index in [1.165, 1.54) is 12.1 Å². The molecule has 0 radical (unpaired) electrons. The van der Waals surface area contributed by atoms with Gasteiger partial charge in [-0.05, 0) is 24.1 Å².